The highest BCUT2D eigenvalue weighted by Crippen LogP contribution is 2.41. The van der Waals surface area contributed by atoms with Crippen molar-refractivity contribution >= 4 is 10.0 Å². The van der Waals surface area contributed by atoms with Crippen LogP contribution in [0.5, 0.6) is 0 Å². The molecule has 1 aromatic carbocycles. The van der Waals surface area contributed by atoms with Crippen LogP contribution in [0.2, 0.25) is 0 Å². The summed E-state index contributed by atoms with van der Waals surface area (Å²) in [5.74, 6) is 0. The Morgan fingerprint density at radius 3 is 2.78 bits per heavy atom. The molecule has 0 spiro atoms. The van der Waals surface area contributed by atoms with Crippen molar-refractivity contribution in [2.75, 3.05) is 33.4 Å². The average molecular weight is 339 g/mol. The van der Waals surface area contributed by atoms with Crippen LogP contribution in [0.3, 0.4) is 0 Å². The molecule has 2 aliphatic rings. The number of piperidine rings is 1. The summed E-state index contributed by atoms with van der Waals surface area (Å²) < 4.78 is 38.9. The number of hydrogen-bond acceptors (Lipinski definition) is 4. The zero-order valence-corrected chi connectivity index (χ0v) is 14.6. The summed E-state index contributed by atoms with van der Waals surface area (Å²) >= 11 is 0. The van der Waals surface area contributed by atoms with Crippen molar-refractivity contribution in [1.29, 1.82) is 0 Å². The maximum Gasteiger partial charge on any atom is 0.243 e. The minimum absolute atomic E-state index is 0.0978. The number of rotatable bonds is 4. The molecule has 23 heavy (non-hydrogen) atoms. The lowest BCUT2D eigenvalue weighted by Crippen LogP contribution is -2.57. The van der Waals surface area contributed by atoms with Gasteiger partial charge in [-0.2, -0.15) is 4.31 Å². The van der Waals surface area contributed by atoms with Gasteiger partial charge >= 0.3 is 0 Å². The lowest BCUT2D eigenvalue weighted by Gasteiger charge is -2.49. The Kier molecular flexibility index (Phi) is 4.78. The molecule has 0 aromatic heterocycles. The Hall–Kier alpha value is -0.950. The summed E-state index contributed by atoms with van der Waals surface area (Å²) in [6.07, 6.45) is 2.73. The maximum absolute atomic E-state index is 13.0. The van der Waals surface area contributed by atoms with Crippen LogP contribution in [-0.4, -0.2) is 52.2 Å². The Morgan fingerprint density at radius 2 is 2.09 bits per heavy atom. The van der Waals surface area contributed by atoms with E-state index in [1.807, 2.05) is 19.1 Å². The van der Waals surface area contributed by atoms with Crippen LogP contribution in [-0.2, 0) is 19.5 Å². The van der Waals surface area contributed by atoms with Crippen LogP contribution in [0.4, 0.5) is 0 Å². The van der Waals surface area contributed by atoms with E-state index in [1.165, 1.54) is 0 Å². The maximum atomic E-state index is 13.0. The number of sulfonamides is 1. The van der Waals surface area contributed by atoms with Gasteiger partial charge in [-0.3, -0.25) is 0 Å². The van der Waals surface area contributed by atoms with Crippen LogP contribution in [0.25, 0.3) is 0 Å². The van der Waals surface area contributed by atoms with Gasteiger partial charge in [0.2, 0.25) is 10.0 Å². The highest BCUT2D eigenvalue weighted by atomic mass is 32.2. The van der Waals surface area contributed by atoms with Gasteiger partial charge in [0.15, 0.2) is 0 Å². The van der Waals surface area contributed by atoms with Crippen LogP contribution in [0, 0.1) is 12.3 Å². The molecule has 2 heterocycles. The van der Waals surface area contributed by atoms with E-state index in [1.54, 1.807) is 23.5 Å². The first-order valence-electron chi connectivity index (χ1n) is 8.15. The van der Waals surface area contributed by atoms with Crippen molar-refractivity contribution in [2.45, 2.75) is 37.2 Å². The van der Waals surface area contributed by atoms with Gasteiger partial charge in [-0.25, -0.2) is 8.42 Å². The van der Waals surface area contributed by atoms with Crippen LogP contribution >= 0.6 is 0 Å². The SMILES string of the molecule is COC[C@]12CCCO[C@H]1CCN(S(=O)(=O)c1ccc(C)cc1)C2. The molecule has 128 valence electrons. The number of aryl methyl sites for hydroxylation is 1. The highest BCUT2D eigenvalue weighted by Gasteiger charge is 2.48. The molecule has 0 aliphatic carbocycles. The average Bonchev–Trinajstić information content (AvgIpc) is 2.55. The number of benzene rings is 1. The molecule has 2 aliphatic heterocycles. The van der Waals surface area contributed by atoms with E-state index in [0.717, 1.165) is 31.4 Å². The molecule has 5 nitrogen and oxygen atoms in total. The third-order valence-corrected chi connectivity index (χ3v) is 6.90. The summed E-state index contributed by atoms with van der Waals surface area (Å²) in [5, 5.41) is 0. The summed E-state index contributed by atoms with van der Waals surface area (Å²) in [6, 6.07) is 7.07. The molecule has 1 aromatic rings. The van der Waals surface area contributed by atoms with E-state index >= 15 is 0 Å². The molecular formula is C17H25NO4S. The molecule has 2 fully saturated rings. The Labute approximate surface area is 138 Å². The molecule has 2 saturated heterocycles. The van der Waals surface area contributed by atoms with Crippen molar-refractivity contribution in [3.05, 3.63) is 29.8 Å². The zero-order valence-electron chi connectivity index (χ0n) is 13.8. The first-order valence-corrected chi connectivity index (χ1v) is 9.59. The fourth-order valence-electron chi connectivity index (χ4n) is 3.81. The predicted octanol–water partition coefficient (Wildman–Crippen LogP) is 2.20. The van der Waals surface area contributed by atoms with E-state index < -0.39 is 10.0 Å². The number of fused-ring (bicyclic) bond motifs is 1. The van der Waals surface area contributed by atoms with Crippen LogP contribution in [0.1, 0.15) is 24.8 Å². The number of ether oxygens (including phenoxy) is 2. The van der Waals surface area contributed by atoms with E-state index in [4.69, 9.17) is 9.47 Å². The first kappa shape index (κ1) is 16.9. The molecule has 0 bridgehead atoms. The Bertz CT molecular complexity index is 639. The number of hydrogen-bond donors (Lipinski definition) is 0. The van der Waals surface area contributed by atoms with Crippen molar-refractivity contribution in [3.8, 4) is 0 Å². The van der Waals surface area contributed by atoms with Crippen molar-refractivity contribution < 1.29 is 17.9 Å². The molecule has 0 saturated carbocycles. The standard InChI is InChI=1S/C17H25NO4S/c1-14-4-6-15(7-5-14)23(19,20)18-10-8-16-17(12-18,13-21-2)9-3-11-22-16/h4-7,16H,3,8-13H2,1-2H3/t16-,17+/m0/s1. The van der Waals surface area contributed by atoms with Crippen molar-refractivity contribution in [3.63, 3.8) is 0 Å². The molecule has 6 heteroatoms. The van der Waals surface area contributed by atoms with Gasteiger partial charge in [-0.15, -0.1) is 0 Å². The lowest BCUT2D eigenvalue weighted by atomic mass is 9.73. The van der Waals surface area contributed by atoms with Gasteiger partial charge in [0.25, 0.3) is 0 Å². The molecular weight excluding hydrogens is 314 g/mol. The Morgan fingerprint density at radius 1 is 1.35 bits per heavy atom. The van der Waals surface area contributed by atoms with Crippen molar-refractivity contribution in [2.24, 2.45) is 5.41 Å². The molecule has 0 radical (unpaired) electrons. The van der Waals surface area contributed by atoms with Gasteiger partial charge in [0.05, 0.1) is 17.6 Å². The van der Waals surface area contributed by atoms with Gasteiger partial charge in [0, 0.05) is 32.2 Å². The normalized spacial score (nSPS) is 29.2. The quantitative estimate of drug-likeness (QED) is 0.844. The largest absolute Gasteiger partial charge is 0.384 e. The molecule has 2 atom stereocenters. The van der Waals surface area contributed by atoms with Crippen LogP contribution in [0.15, 0.2) is 29.2 Å². The highest BCUT2D eigenvalue weighted by molar-refractivity contribution is 7.89. The third kappa shape index (κ3) is 3.18. The van der Waals surface area contributed by atoms with Crippen LogP contribution < -0.4 is 0 Å². The predicted molar refractivity (Wildman–Crippen MR) is 87.8 cm³/mol. The van der Waals surface area contributed by atoms with Gasteiger partial charge < -0.3 is 9.47 Å². The first-order chi connectivity index (χ1) is 11.0. The second-order valence-electron chi connectivity index (χ2n) is 6.70. The molecule has 0 amide bonds. The minimum Gasteiger partial charge on any atom is -0.384 e. The monoisotopic (exact) mass is 339 g/mol. The van der Waals surface area contributed by atoms with E-state index in [2.05, 4.69) is 0 Å². The summed E-state index contributed by atoms with van der Waals surface area (Å²) in [7, 11) is -1.79. The molecule has 0 N–H and O–H groups in total. The van der Waals surface area contributed by atoms with E-state index in [0.29, 0.717) is 24.6 Å². The molecule has 3 rings (SSSR count). The summed E-state index contributed by atoms with van der Waals surface area (Å²) in [6.45, 7) is 4.24. The molecule has 0 unspecified atom stereocenters. The lowest BCUT2D eigenvalue weighted by molar-refractivity contribution is -0.137. The topological polar surface area (TPSA) is 55.8 Å². The van der Waals surface area contributed by atoms with E-state index in [9.17, 15) is 8.42 Å². The van der Waals surface area contributed by atoms with Gasteiger partial charge in [0.1, 0.15) is 0 Å². The van der Waals surface area contributed by atoms with Gasteiger partial charge in [-0.1, -0.05) is 17.7 Å². The summed E-state index contributed by atoms with van der Waals surface area (Å²) in [4.78, 5) is 0.367. The summed E-state index contributed by atoms with van der Waals surface area (Å²) in [5.41, 5.74) is 0.836. The zero-order chi connectivity index (χ0) is 16.5. The second-order valence-corrected chi connectivity index (χ2v) is 8.64. The van der Waals surface area contributed by atoms with Crippen molar-refractivity contribution in [1.82, 2.24) is 4.31 Å². The fourth-order valence-corrected chi connectivity index (χ4v) is 5.36. The minimum atomic E-state index is -3.46. The number of methoxy groups -OCH3 is 1. The fraction of sp³-hybridized carbons (Fsp3) is 0.647. The second kappa shape index (κ2) is 6.51. The third-order valence-electron chi connectivity index (χ3n) is 5.04. The number of nitrogens with zero attached hydrogens (tertiary/aromatic N) is 1. The smallest absolute Gasteiger partial charge is 0.243 e. The Balaban J connectivity index is 1.87. The van der Waals surface area contributed by atoms with Gasteiger partial charge in [-0.05, 0) is 38.3 Å². The van der Waals surface area contributed by atoms with E-state index in [-0.39, 0.29) is 11.5 Å².